The highest BCUT2D eigenvalue weighted by Gasteiger charge is 2.41. The predicted molar refractivity (Wildman–Crippen MR) is 172 cm³/mol. The highest BCUT2D eigenvalue weighted by atomic mass is 32.2. The molecule has 0 aliphatic carbocycles. The van der Waals surface area contributed by atoms with Crippen molar-refractivity contribution in [1.29, 1.82) is 0 Å². The fourth-order valence-electron chi connectivity index (χ4n) is 4.54. The van der Waals surface area contributed by atoms with Crippen molar-refractivity contribution < 1.29 is 57.8 Å². The van der Waals surface area contributed by atoms with Gasteiger partial charge < -0.3 is 9.47 Å². The normalized spacial score (nSPS) is 13.5. The van der Waals surface area contributed by atoms with Crippen molar-refractivity contribution in [1.82, 2.24) is 0 Å². The second kappa shape index (κ2) is 17.0. The monoisotopic (exact) mass is 725 g/mol. The molecule has 4 aromatic rings. The van der Waals surface area contributed by atoms with Crippen LogP contribution >= 0.6 is 8.25 Å². The van der Waals surface area contributed by atoms with Gasteiger partial charge in [0.15, 0.2) is 0 Å². The van der Waals surface area contributed by atoms with Gasteiger partial charge in [-0.3, -0.25) is 9.11 Å². The van der Waals surface area contributed by atoms with E-state index in [4.69, 9.17) is 18.5 Å². The Kier molecular flexibility index (Phi) is 13.1. The molecule has 2 unspecified atom stereocenters. The fourth-order valence-corrected chi connectivity index (χ4v) is 7.40. The molecule has 0 amide bonds. The zero-order valence-corrected chi connectivity index (χ0v) is 27.8. The lowest BCUT2D eigenvalue weighted by Gasteiger charge is -2.11. The molecule has 0 saturated heterocycles. The molecule has 48 heavy (non-hydrogen) atoms. The quantitative estimate of drug-likeness (QED) is 0.0755. The second-order valence-electron chi connectivity index (χ2n) is 10.5. The summed E-state index contributed by atoms with van der Waals surface area (Å²) in [7, 11) is -13.3. The van der Waals surface area contributed by atoms with Crippen LogP contribution in [0.15, 0.2) is 97.1 Å². The van der Waals surface area contributed by atoms with E-state index in [-0.39, 0.29) is 50.0 Å². The minimum absolute atomic E-state index is 0.112. The second-order valence-corrected chi connectivity index (χ2v) is 14.5. The summed E-state index contributed by atoms with van der Waals surface area (Å²) in [5, 5.41) is 0. The standard InChI is InChI=1S/C32H31F2O11PS2/c33-25-11-5-15-29(21-25)42-27-13-1-7-23(19-27)9-3-17-31(47(36,37)38)44-46(35)45-32(48(39,40)41)18-4-10-24-8-2-14-28(20-24)43-30-16-6-12-26(34)22-30/h1-2,5-8,11-16,19-22,31-32H,3-4,9-10,17-18H2,(H-,36,37,38,39,40,41)/p+1. The Bertz CT molecular complexity index is 1790. The summed E-state index contributed by atoms with van der Waals surface area (Å²) in [5.74, 6) is 0.417. The van der Waals surface area contributed by atoms with E-state index in [1.807, 2.05) is 0 Å². The zero-order valence-electron chi connectivity index (χ0n) is 25.2. The third-order valence-electron chi connectivity index (χ3n) is 6.74. The Labute approximate surface area is 277 Å². The van der Waals surface area contributed by atoms with E-state index in [0.717, 1.165) is 0 Å². The Balaban J connectivity index is 1.29. The Morgan fingerprint density at radius 2 is 0.938 bits per heavy atom. The molecule has 0 aliphatic rings. The summed E-state index contributed by atoms with van der Waals surface area (Å²) in [6.07, 6.45) is 0.0815. The van der Waals surface area contributed by atoms with E-state index in [1.54, 1.807) is 60.7 Å². The van der Waals surface area contributed by atoms with Gasteiger partial charge in [0.1, 0.15) is 34.6 Å². The van der Waals surface area contributed by atoms with Gasteiger partial charge in [0.2, 0.25) is 10.9 Å². The van der Waals surface area contributed by atoms with Crippen molar-refractivity contribution in [3.8, 4) is 23.0 Å². The van der Waals surface area contributed by atoms with Crippen molar-refractivity contribution in [2.75, 3.05) is 0 Å². The van der Waals surface area contributed by atoms with Crippen LogP contribution in [-0.2, 0) is 46.7 Å². The molecule has 0 aromatic heterocycles. The summed E-state index contributed by atoms with van der Waals surface area (Å²) in [6, 6.07) is 24.5. The van der Waals surface area contributed by atoms with E-state index in [9.17, 15) is 39.3 Å². The average Bonchev–Trinajstić information content (AvgIpc) is 3.00. The molecule has 0 bridgehead atoms. The van der Waals surface area contributed by atoms with E-state index in [0.29, 0.717) is 22.6 Å². The first-order chi connectivity index (χ1) is 22.7. The van der Waals surface area contributed by atoms with Crippen molar-refractivity contribution in [3.05, 3.63) is 120 Å². The van der Waals surface area contributed by atoms with Crippen molar-refractivity contribution in [2.24, 2.45) is 0 Å². The van der Waals surface area contributed by atoms with E-state index < -0.39 is 51.0 Å². The van der Waals surface area contributed by atoms with E-state index in [2.05, 4.69) is 0 Å². The maximum Gasteiger partial charge on any atom is 0.700 e. The van der Waals surface area contributed by atoms with Crippen molar-refractivity contribution in [3.63, 3.8) is 0 Å². The molecule has 16 heteroatoms. The largest absolute Gasteiger partial charge is 0.700 e. The molecule has 0 saturated carbocycles. The van der Waals surface area contributed by atoms with Gasteiger partial charge >= 0.3 is 8.25 Å². The Hall–Kier alpha value is -3.82. The summed E-state index contributed by atoms with van der Waals surface area (Å²) in [4.78, 5) is 0. The number of halogens is 2. The van der Waals surface area contributed by atoms with Gasteiger partial charge in [-0.1, -0.05) is 45.4 Å². The van der Waals surface area contributed by atoms with Crippen LogP contribution in [0.5, 0.6) is 23.0 Å². The smallest absolute Gasteiger partial charge is 0.457 e. The first-order valence-electron chi connectivity index (χ1n) is 14.5. The molecule has 0 heterocycles. The number of benzene rings is 4. The molecule has 256 valence electrons. The minimum Gasteiger partial charge on any atom is -0.457 e. The molecular weight excluding hydrogens is 693 g/mol. The number of ether oxygens (including phenoxy) is 2. The summed E-state index contributed by atoms with van der Waals surface area (Å²) >= 11 is 0. The lowest BCUT2D eigenvalue weighted by Crippen LogP contribution is -2.25. The number of hydrogen-bond donors (Lipinski definition) is 2. The Morgan fingerprint density at radius 1 is 0.583 bits per heavy atom. The lowest BCUT2D eigenvalue weighted by atomic mass is 10.1. The SMILES string of the molecule is O=[P+](OC(CCCc1cccc(Oc2cccc(F)c2)c1)S(=O)(=O)O)OC(CCCc1cccc(Oc2cccc(F)c2)c1)S(=O)(=O)O. The summed E-state index contributed by atoms with van der Waals surface area (Å²) in [6.45, 7) is 0. The number of hydrogen-bond acceptors (Lipinski definition) is 9. The first-order valence-corrected chi connectivity index (χ1v) is 18.6. The van der Waals surface area contributed by atoms with Crippen LogP contribution in [0.4, 0.5) is 8.78 Å². The summed E-state index contributed by atoms with van der Waals surface area (Å²) in [5.41, 5.74) is -2.63. The van der Waals surface area contributed by atoms with Crippen LogP contribution in [0.1, 0.15) is 36.8 Å². The third kappa shape index (κ3) is 12.3. The van der Waals surface area contributed by atoms with Crippen LogP contribution in [-0.4, -0.2) is 36.8 Å². The molecule has 2 N–H and O–H groups in total. The van der Waals surface area contributed by atoms with Crippen LogP contribution in [0.25, 0.3) is 0 Å². The predicted octanol–water partition coefficient (Wildman–Crippen LogP) is 8.01. The van der Waals surface area contributed by atoms with Crippen LogP contribution < -0.4 is 9.47 Å². The molecule has 0 spiro atoms. The van der Waals surface area contributed by atoms with Crippen LogP contribution in [0.3, 0.4) is 0 Å². The first kappa shape index (κ1) is 37.0. The zero-order chi connectivity index (χ0) is 34.7. The van der Waals surface area contributed by atoms with Crippen LogP contribution in [0.2, 0.25) is 0 Å². The molecule has 2 atom stereocenters. The molecule has 4 rings (SSSR count). The van der Waals surface area contributed by atoms with Gasteiger partial charge in [-0.2, -0.15) is 16.8 Å². The van der Waals surface area contributed by atoms with Crippen molar-refractivity contribution in [2.45, 2.75) is 49.4 Å². The Morgan fingerprint density at radius 3 is 1.29 bits per heavy atom. The molecule has 0 radical (unpaired) electrons. The van der Waals surface area contributed by atoms with Gasteiger partial charge in [0, 0.05) is 16.7 Å². The van der Waals surface area contributed by atoms with E-state index in [1.165, 1.54) is 36.4 Å². The minimum atomic E-state index is -4.91. The summed E-state index contributed by atoms with van der Waals surface area (Å²) < 4.78 is 128. The highest BCUT2D eigenvalue weighted by molar-refractivity contribution is 7.86. The van der Waals surface area contributed by atoms with Crippen molar-refractivity contribution >= 4 is 28.5 Å². The van der Waals surface area contributed by atoms with Crippen LogP contribution in [0, 0.1) is 11.6 Å². The fraction of sp³-hybridized carbons (Fsp3) is 0.250. The molecule has 11 nitrogen and oxygen atoms in total. The third-order valence-corrected chi connectivity index (χ3v) is 9.87. The highest BCUT2D eigenvalue weighted by Crippen LogP contribution is 2.34. The van der Waals surface area contributed by atoms with E-state index >= 15 is 0 Å². The van der Waals surface area contributed by atoms with Gasteiger partial charge in [-0.25, -0.2) is 8.78 Å². The van der Waals surface area contributed by atoms with Gasteiger partial charge in [0.05, 0.1) is 0 Å². The maximum absolute atomic E-state index is 13.5. The topological polar surface area (TPSA) is 163 Å². The maximum atomic E-state index is 13.5. The lowest BCUT2D eigenvalue weighted by molar-refractivity contribution is 0.170. The molecular formula is C32H32F2O11PS2+. The average molecular weight is 726 g/mol. The van der Waals surface area contributed by atoms with Gasteiger partial charge in [-0.15, -0.1) is 0 Å². The number of rotatable bonds is 18. The molecule has 0 aliphatic heterocycles. The van der Waals surface area contributed by atoms with Gasteiger partial charge in [0.25, 0.3) is 20.2 Å². The molecule has 4 aromatic carbocycles. The van der Waals surface area contributed by atoms with Gasteiger partial charge in [-0.05, 0) is 98.2 Å². The number of aryl methyl sites for hydroxylation is 2. The molecule has 0 fully saturated rings.